The fourth-order valence-electron chi connectivity index (χ4n) is 5.45. The summed E-state index contributed by atoms with van der Waals surface area (Å²) in [6.07, 6.45) is 3.33. The maximum absolute atomic E-state index is 9.83. The fourth-order valence-corrected chi connectivity index (χ4v) is 5.45. The molecule has 160 valence electrons. The Labute approximate surface area is 165 Å². The molecule has 0 aromatic rings. The summed E-state index contributed by atoms with van der Waals surface area (Å²) in [4.78, 5) is 0. The Morgan fingerprint density at radius 3 is 1.61 bits per heavy atom. The molecule has 0 amide bonds. The monoisotopic (exact) mass is 400 g/mol. The van der Waals surface area contributed by atoms with E-state index in [4.69, 9.17) is 23.7 Å². The molecule has 28 heavy (non-hydrogen) atoms. The molecule has 0 aromatic heterocycles. The van der Waals surface area contributed by atoms with Crippen LogP contribution >= 0.6 is 0 Å². The van der Waals surface area contributed by atoms with Crippen LogP contribution in [0.25, 0.3) is 0 Å². The van der Waals surface area contributed by atoms with E-state index < -0.39 is 24.8 Å². The second-order valence-corrected chi connectivity index (χ2v) is 9.04. The second-order valence-electron chi connectivity index (χ2n) is 9.04. The Hall–Kier alpha value is -0.320. The highest BCUT2D eigenvalue weighted by atomic mass is 16.8. The molecule has 7 atom stereocenters. The van der Waals surface area contributed by atoms with Crippen molar-refractivity contribution in [1.29, 1.82) is 0 Å². The molecule has 5 aliphatic rings. The van der Waals surface area contributed by atoms with E-state index in [1.165, 1.54) is 0 Å². The number of aliphatic hydroxyl groups excluding tert-OH is 3. The first-order valence-electron chi connectivity index (χ1n) is 10.9. The van der Waals surface area contributed by atoms with Crippen LogP contribution in [0.1, 0.15) is 51.4 Å². The van der Waals surface area contributed by atoms with Crippen molar-refractivity contribution in [3.63, 3.8) is 0 Å². The van der Waals surface area contributed by atoms with E-state index in [0.29, 0.717) is 0 Å². The number of fused-ring (bicyclic) bond motifs is 3. The van der Waals surface area contributed by atoms with E-state index in [9.17, 15) is 15.3 Å². The normalized spacial score (nSPS) is 54.3. The standard InChI is InChI=1S/C20H32O8/c21-9-14-15-16(26-18(24-14)10-1-5-12(22)6-2-10)17-20(25-15)28-19(27-17)11-3-7-13(23)8-4-11/h10-23H,1-9H2. The van der Waals surface area contributed by atoms with Crippen molar-refractivity contribution in [3.8, 4) is 0 Å². The van der Waals surface area contributed by atoms with Gasteiger partial charge in [-0.15, -0.1) is 0 Å². The average molecular weight is 400 g/mol. The Balaban J connectivity index is 1.25. The first-order chi connectivity index (χ1) is 13.6. The lowest BCUT2D eigenvalue weighted by atomic mass is 9.86. The summed E-state index contributed by atoms with van der Waals surface area (Å²) in [5.41, 5.74) is 0. The predicted octanol–water partition coefficient (Wildman–Crippen LogP) is 0.657. The molecule has 0 spiro atoms. The molecule has 0 bridgehead atoms. The third-order valence-electron chi connectivity index (χ3n) is 7.17. The lowest BCUT2D eigenvalue weighted by molar-refractivity contribution is -0.319. The summed E-state index contributed by atoms with van der Waals surface area (Å²) < 4.78 is 30.7. The summed E-state index contributed by atoms with van der Waals surface area (Å²) in [6, 6.07) is 0. The van der Waals surface area contributed by atoms with Gasteiger partial charge >= 0.3 is 0 Å². The van der Waals surface area contributed by atoms with Crippen LogP contribution < -0.4 is 0 Å². The zero-order valence-corrected chi connectivity index (χ0v) is 16.1. The van der Waals surface area contributed by atoms with Crippen LogP contribution in [-0.2, 0) is 23.7 Å². The van der Waals surface area contributed by atoms with Gasteiger partial charge in [-0.25, -0.2) is 0 Å². The number of rotatable bonds is 3. The zero-order chi connectivity index (χ0) is 19.3. The molecule has 3 N–H and O–H groups in total. The lowest BCUT2D eigenvalue weighted by Crippen LogP contribution is -2.55. The topological polar surface area (TPSA) is 107 Å². The Kier molecular flexibility index (Phi) is 5.66. The largest absolute Gasteiger partial charge is 0.394 e. The van der Waals surface area contributed by atoms with Crippen LogP contribution in [0.5, 0.6) is 0 Å². The molecule has 2 aliphatic carbocycles. The molecule has 0 aromatic carbocycles. The fraction of sp³-hybridized carbons (Fsp3) is 1.00. The van der Waals surface area contributed by atoms with E-state index in [0.717, 1.165) is 51.4 Å². The number of ether oxygens (including phenoxy) is 5. The van der Waals surface area contributed by atoms with Gasteiger partial charge in [0.25, 0.3) is 0 Å². The van der Waals surface area contributed by atoms with E-state index in [1.54, 1.807) is 0 Å². The van der Waals surface area contributed by atoms with E-state index in [-0.39, 0.29) is 49.1 Å². The van der Waals surface area contributed by atoms with E-state index >= 15 is 0 Å². The number of hydrogen-bond donors (Lipinski definition) is 3. The maximum Gasteiger partial charge on any atom is 0.190 e. The molecule has 0 radical (unpaired) electrons. The van der Waals surface area contributed by atoms with Crippen LogP contribution in [0, 0.1) is 11.8 Å². The molecule has 7 unspecified atom stereocenters. The number of aliphatic hydroxyl groups is 3. The van der Waals surface area contributed by atoms with Gasteiger partial charge < -0.3 is 39.0 Å². The summed E-state index contributed by atoms with van der Waals surface area (Å²) >= 11 is 0. The Morgan fingerprint density at radius 1 is 0.536 bits per heavy atom. The Morgan fingerprint density at radius 2 is 1.04 bits per heavy atom. The van der Waals surface area contributed by atoms with Gasteiger partial charge in [-0.1, -0.05) is 0 Å². The predicted molar refractivity (Wildman–Crippen MR) is 95.0 cm³/mol. The van der Waals surface area contributed by atoms with Crippen molar-refractivity contribution in [2.24, 2.45) is 11.8 Å². The van der Waals surface area contributed by atoms with Crippen LogP contribution in [-0.4, -0.2) is 77.4 Å². The van der Waals surface area contributed by atoms with Crippen molar-refractivity contribution < 1.29 is 39.0 Å². The minimum atomic E-state index is -0.503. The molecule has 3 saturated heterocycles. The third-order valence-corrected chi connectivity index (χ3v) is 7.17. The quantitative estimate of drug-likeness (QED) is 0.634. The van der Waals surface area contributed by atoms with Crippen LogP contribution in [0.2, 0.25) is 0 Å². The molecule has 5 fully saturated rings. The first kappa shape index (κ1) is 19.6. The van der Waals surface area contributed by atoms with Gasteiger partial charge in [0.1, 0.15) is 24.4 Å². The summed E-state index contributed by atoms with van der Waals surface area (Å²) in [5, 5.41) is 29.3. The minimum Gasteiger partial charge on any atom is -0.394 e. The van der Waals surface area contributed by atoms with E-state index in [2.05, 4.69) is 0 Å². The highest BCUT2D eigenvalue weighted by Crippen LogP contribution is 2.44. The highest BCUT2D eigenvalue weighted by molar-refractivity contribution is 4.99. The van der Waals surface area contributed by atoms with Gasteiger partial charge in [-0.05, 0) is 51.4 Å². The first-order valence-corrected chi connectivity index (χ1v) is 10.9. The van der Waals surface area contributed by atoms with Gasteiger partial charge in [0.2, 0.25) is 0 Å². The molecule has 5 rings (SSSR count). The van der Waals surface area contributed by atoms with Crippen molar-refractivity contribution in [2.75, 3.05) is 6.61 Å². The Bertz CT molecular complexity index is 530. The van der Waals surface area contributed by atoms with Gasteiger partial charge in [-0.3, -0.25) is 0 Å². The van der Waals surface area contributed by atoms with Crippen molar-refractivity contribution in [1.82, 2.24) is 0 Å². The van der Waals surface area contributed by atoms with Crippen LogP contribution in [0.3, 0.4) is 0 Å². The molecular formula is C20H32O8. The van der Waals surface area contributed by atoms with Crippen molar-refractivity contribution in [2.45, 2.75) is 107 Å². The van der Waals surface area contributed by atoms with Crippen molar-refractivity contribution >= 4 is 0 Å². The summed E-state index contributed by atoms with van der Waals surface area (Å²) in [7, 11) is 0. The maximum atomic E-state index is 9.83. The molecule has 8 nitrogen and oxygen atoms in total. The zero-order valence-electron chi connectivity index (χ0n) is 16.1. The minimum absolute atomic E-state index is 0.139. The molecule has 3 heterocycles. The van der Waals surface area contributed by atoms with Gasteiger partial charge in [0, 0.05) is 11.8 Å². The van der Waals surface area contributed by atoms with Crippen LogP contribution in [0.4, 0.5) is 0 Å². The van der Waals surface area contributed by atoms with Gasteiger partial charge in [-0.2, -0.15) is 0 Å². The number of hydrogen-bond acceptors (Lipinski definition) is 8. The third kappa shape index (κ3) is 3.63. The summed E-state index contributed by atoms with van der Waals surface area (Å²) in [6.45, 7) is -0.139. The van der Waals surface area contributed by atoms with Crippen molar-refractivity contribution in [3.05, 3.63) is 0 Å². The molecule has 8 heteroatoms. The molecule has 2 saturated carbocycles. The van der Waals surface area contributed by atoms with Gasteiger partial charge in [0.15, 0.2) is 18.9 Å². The molecule has 3 aliphatic heterocycles. The lowest BCUT2D eigenvalue weighted by Gasteiger charge is -2.42. The second kappa shape index (κ2) is 8.07. The SMILES string of the molecule is OCC1OC(C2CCC(O)CC2)OC2C1OC1OC(C3CCC(O)CC3)OC12. The highest BCUT2D eigenvalue weighted by Gasteiger charge is 2.59. The van der Waals surface area contributed by atoms with E-state index in [1.807, 2.05) is 0 Å². The summed E-state index contributed by atoms with van der Waals surface area (Å²) in [5.74, 6) is 0.468. The van der Waals surface area contributed by atoms with Gasteiger partial charge in [0.05, 0.1) is 18.8 Å². The van der Waals surface area contributed by atoms with Crippen LogP contribution in [0.15, 0.2) is 0 Å². The average Bonchev–Trinajstić information content (AvgIpc) is 3.27. The smallest absolute Gasteiger partial charge is 0.190 e. The molecular weight excluding hydrogens is 368 g/mol.